The van der Waals surface area contributed by atoms with Gasteiger partial charge in [0.25, 0.3) is 0 Å². The molecule has 0 aliphatic rings. The summed E-state index contributed by atoms with van der Waals surface area (Å²) in [6.07, 6.45) is 3.55. The molecule has 3 heteroatoms. The van der Waals surface area contributed by atoms with Gasteiger partial charge < -0.3 is 5.32 Å². The maximum atomic E-state index is 4.74. The predicted molar refractivity (Wildman–Crippen MR) is 78.1 cm³/mol. The predicted octanol–water partition coefficient (Wildman–Crippen LogP) is 3.54. The molecule has 0 bridgehead atoms. The van der Waals surface area contributed by atoms with Gasteiger partial charge in [0.15, 0.2) is 0 Å². The molecule has 0 saturated heterocycles. The van der Waals surface area contributed by atoms with Crippen molar-refractivity contribution in [2.45, 2.75) is 72.9 Å². The van der Waals surface area contributed by atoms with Gasteiger partial charge in [-0.05, 0) is 45.7 Å². The van der Waals surface area contributed by atoms with Crippen molar-refractivity contribution in [3.63, 3.8) is 0 Å². The third-order valence-corrected chi connectivity index (χ3v) is 3.95. The van der Waals surface area contributed by atoms with Crippen molar-refractivity contribution in [2.75, 3.05) is 6.54 Å². The van der Waals surface area contributed by atoms with Crippen LogP contribution in [-0.4, -0.2) is 22.4 Å². The SMILES string of the molecule is CCCC(NCC)C(CC)n1nc(C)c(C)c1C. The standard InChI is InChI=1S/C15H29N3/c1-7-10-14(16-9-3)15(8-2)18-13(6)11(4)12(5)17-18/h14-16H,7-10H2,1-6H3. The first-order valence-corrected chi connectivity index (χ1v) is 7.32. The normalized spacial score (nSPS) is 14.8. The van der Waals surface area contributed by atoms with Crippen LogP contribution in [0.1, 0.15) is 63.0 Å². The lowest BCUT2D eigenvalue weighted by molar-refractivity contribution is 0.300. The highest BCUT2D eigenvalue weighted by molar-refractivity contribution is 5.23. The number of nitrogens with one attached hydrogen (secondary N) is 1. The van der Waals surface area contributed by atoms with E-state index in [1.54, 1.807) is 0 Å². The van der Waals surface area contributed by atoms with Gasteiger partial charge in [-0.3, -0.25) is 4.68 Å². The number of nitrogens with zero attached hydrogens (tertiary/aromatic N) is 2. The van der Waals surface area contributed by atoms with Crippen LogP contribution in [-0.2, 0) is 0 Å². The average Bonchev–Trinajstić information content (AvgIpc) is 2.59. The van der Waals surface area contributed by atoms with Crippen molar-refractivity contribution in [1.29, 1.82) is 0 Å². The summed E-state index contributed by atoms with van der Waals surface area (Å²) in [7, 11) is 0. The summed E-state index contributed by atoms with van der Waals surface area (Å²) in [6.45, 7) is 14.2. The highest BCUT2D eigenvalue weighted by atomic mass is 15.3. The van der Waals surface area contributed by atoms with Gasteiger partial charge in [0.1, 0.15) is 0 Å². The van der Waals surface area contributed by atoms with Crippen LogP contribution in [0.15, 0.2) is 0 Å². The maximum absolute atomic E-state index is 4.74. The Morgan fingerprint density at radius 2 is 1.83 bits per heavy atom. The number of hydrogen-bond donors (Lipinski definition) is 1. The molecule has 0 saturated carbocycles. The Labute approximate surface area is 112 Å². The first kappa shape index (κ1) is 15.2. The molecular weight excluding hydrogens is 222 g/mol. The van der Waals surface area contributed by atoms with Gasteiger partial charge >= 0.3 is 0 Å². The molecule has 0 fully saturated rings. The fourth-order valence-corrected chi connectivity index (χ4v) is 2.70. The molecule has 2 unspecified atom stereocenters. The first-order chi connectivity index (χ1) is 8.56. The Bertz CT molecular complexity index is 362. The average molecular weight is 251 g/mol. The van der Waals surface area contributed by atoms with Crippen LogP contribution in [0.5, 0.6) is 0 Å². The highest BCUT2D eigenvalue weighted by Gasteiger charge is 2.23. The minimum atomic E-state index is 0.470. The molecule has 0 radical (unpaired) electrons. The molecule has 1 aromatic rings. The zero-order chi connectivity index (χ0) is 13.7. The van der Waals surface area contributed by atoms with Crippen molar-refractivity contribution in [2.24, 2.45) is 0 Å². The Hall–Kier alpha value is -0.830. The van der Waals surface area contributed by atoms with Crippen LogP contribution in [0.3, 0.4) is 0 Å². The number of hydrogen-bond acceptors (Lipinski definition) is 2. The molecule has 0 amide bonds. The molecule has 0 aromatic carbocycles. The van der Waals surface area contributed by atoms with Crippen LogP contribution in [0.4, 0.5) is 0 Å². The van der Waals surface area contributed by atoms with Crippen LogP contribution >= 0.6 is 0 Å². The van der Waals surface area contributed by atoms with Gasteiger partial charge in [-0.1, -0.05) is 27.2 Å². The zero-order valence-corrected chi connectivity index (χ0v) is 12.9. The van der Waals surface area contributed by atoms with E-state index >= 15 is 0 Å². The highest BCUT2D eigenvalue weighted by Crippen LogP contribution is 2.23. The monoisotopic (exact) mass is 251 g/mol. The second-order valence-electron chi connectivity index (χ2n) is 5.17. The lowest BCUT2D eigenvalue weighted by atomic mass is 10.0. The van der Waals surface area contributed by atoms with E-state index < -0.39 is 0 Å². The van der Waals surface area contributed by atoms with Crippen molar-refractivity contribution in [3.05, 3.63) is 17.0 Å². The largest absolute Gasteiger partial charge is 0.312 e. The summed E-state index contributed by atoms with van der Waals surface area (Å²) < 4.78 is 2.24. The smallest absolute Gasteiger partial charge is 0.0672 e. The van der Waals surface area contributed by atoms with Crippen LogP contribution in [0, 0.1) is 20.8 Å². The van der Waals surface area contributed by atoms with E-state index in [-0.39, 0.29) is 0 Å². The van der Waals surface area contributed by atoms with Gasteiger partial charge in [0, 0.05) is 11.7 Å². The van der Waals surface area contributed by atoms with E-state index in [1.807, 2.05) is 0 Å². The molecule has 1 N–H and O–H groups in total. The van der Waals surface area contributed by atoms with E-state index in [0.717, 1.165) is 18.7 Å². The van der Waals surface area contributed by atoms with E-state index in [9.17, 15) is 0 Å². The van der Waals surface area contributed by atoms with E-state index in [4.69, 9.17) is 5.10 Å². The third-order valence-electron chi connectivity index (χ3n) is 3.95. The molecule has 1 rings (SSSR count). The Balaban J connectivity index is 3.02. The molecule has 1 aromatic heterocycles. The molecule has 1 heterocycles. The summed E-state index contributed by atoms with van der Waals surface area (Å²) in [6, 6.07) is 1.000. The Kier molecular flexibility index (Phi) is 5.86. The molecule has 3 nitrogen and oxygen atoms in total. The molecular formula is C15H29N3. The lowest BCUT2D eigenvalue weighted by Gasteiger charge is -2.28. The minimum absolute atomic E-state index is 0.470. The van der Waals surface area contributed by atoms with Gasteiger partial charge in [-0.15, -0.1) is 0 Å². The van der Waals surface area contributed by atoms with Crippen molar-refractivity contribution in [1.82, 2.24) is 15.1 Å². The topological polar surface area (TPSA) is 29.9 Å². The van der Waals surface area contributed by atoms with Crippen molar-refractivity contribution >= 4 is 0 Å². The fourth-order valence-electron chi connectivity index (χ4n) is 2.70. The summed E-state index contributed by atoms with van der Waals surface area (Å²) in [5.41, 5.74) is 3.82. The Morgan fingerprint density at radius 1 is 1.17 bits per heavy atom. The van der Waals surface area contributed by atoms with Crippen LogP contribution in [0.2, 0.25) is 0 Å². The molecule has 0 aliphatic carbocycles. The van der Waals surface area contributed by atoms with E-state index in [1.165, 1.54) is 24.1 Å². The summed E-state index contributed by atoms with van der Waals surface area (Å²) >= 11 is 0. The first-order valence-electron chi connectivity index (χ1n) is 7.32. The quantitative estimate of drug-likeness (QED) is 0.803. The second-order valence-corrected chi connectivity index (χ2v) is 5.17. The van der Waals surface area contributed by atoms with Gasteiger partial charge in [0.05, 0.1) is 11.7 Å². The number of aromatic nitrogens is 2. The Morgan fingerprint density at radius 3 is 2.22 bits per heavy atom. The second kappa shape index (κ2) is 6.93. The van der Waals surface area contributed by atoms with Gasteiger partial charge in [0.2, 0.25) is 0 Å². The summed E-state index contributed by atoms with van der Waals surface area (Å²) in [5, 5.41) is 8.37. The zero-order valence-electron chi connectivity index (χ0n) is 12.9. The molecule has 18 heavy (non-hydrogen) atoms. The third kappa shape index (κ3) is 3.14. The van der Waals surface area contributed by atoms with Gasteiger partial charge in [-0.2, -0.15) is 5.10 Å². The van der Waals surface area contributed by atoms with Crippen LogP contribution in [0.25, 0.3) is 0 Å². The molecule has 0 aliphatic heterocycles. The van der Waals surface area contributed by atoms with Crippen molar-refractivity contribution in [3.8, 4) is 0 Å². The number of aryl methyl sites for hydroxylation is 1. The van der Waals surface area contributed by atoms with Crippen LogP contribution < -0.4 is 5.32 Å². The minimum Gasteiger partial charge on any atom is -0.312 e. The van der Waals surface area contributed by atoms with Gasteiger partial charge in [-0.25, -0.2) is 0 Å². The molecule has 0 spiro atoms. The van der Waals surface area contributed by atoms with E-state index in [0.29, 0.717) is 12.1 Å². The summed E-state index contributed by atoms with van der Waals surface area (Å²) in [5.74, 6) is 0. The summed E-state index contributed by atoms with van der Waals surface area (Å²) in [4.78, 5) is 0. The number of rotatable bonds is 7. The number of likely N-dealkylation sites (N-methyl/N-ethyl adjacent to an activating group) is 1. The van der Waals surface area contributed by atoms with E-state index in [2.05, 4.69) is 51.5 Å². The molecule has 104 valence electrons. The molecule has 2 atom stereocenters. The fraction of sp³-hybridized carbons (Fsp3) is 0.800. The lowest BCUT2D eigenvalue weighted by Crippen LogP contribution is -2.38. The van der Waals surface area contributed by atoms with Crippen molar-refractivity contribution < 1.29 is 0 Å². The maximum Gasteiger partial charge on any atom is 0.0672 e.